The Balaban J connectivity index is 2.94. The lowest BCUT2D eigenvalue weighted by Gasteiger charge is -2.24. The Bertz CT molecular complexity index is 461. The van der Waals surface area contributed by atoms with Gasteiger partial charge in [0, 0.05) is 0 Å². The van der Waals surface area contributed by atoms with E-state index in [1.807, 2.05) is 44.2 Å². The molecule has 1 aromatic rings. The Morgan fingerprint density at radius 2 is 1.90 bits per heavy atom. The van der Waals surface area contributed by atoms with E-state index in [0.717, 1.165) is 12.0 Å². The highest BCUT2D eigenvalue weighted by molar-refractivity contribution is 5.88. The fourth-order valence-corrected chi connectivity index (χ4v) is 2.22. The summed E-state index contributed by atoms with van der Waals surface area (Å²) < 4.78 is 4.56. The van der Waals surface area contributed by atoms with E-state index in [-0.39, 0.29) is 17.7 Å². The Kier molecular flexibility index (Phi) is 6.88. The molecule has 1 aromatic carbocycles. The summed E-state index contributed by atoms with van der Waals surface area (Å²) in [5.74, 6) is -1.18. The van der Waals surface area contributed by atoms with Crippen LogP contribution in [-0.2, 0) is 14.3 Å². The van der Waals surface area contributed by atoms with Crippen LogP contribution in [0.3, 0.4) is 0 Å². The third-order valence-corrected chi connectivity index (χ3v) is 3.64. The van der Waals surface area contributed by atoms with Crippen molar-refractivity contribution in [3.63, 3.8) is 0 Å². The smallest absolute Gasteiger partial charge is 0.330 e. The number of carbonyl (C=O) groups excluding carboxylic acids is 2. The summed E-state index contributed by atoms with van der Waals surface area (Å²) in [7, 11) is 1.22. The number of aliphatic hydroxyl groups excluding tert-OH is 1. The quantitative estimate of drug-likeness (QED) is 0.746. The second kappa shape index (κ2) is 8.42. The van der Waals surface area contributed by atoms with Crippen molar-refractivity contribution in [2.75, 3.05) is 13.7 Å². The molecule has 0 fully saturated rings. The van der Waals surface area contributed by atoms with Crippen LogP contribution < -0.4 is 5.32 Å². The van der Waals surface area contributed by atoms with Gasteiger partial charge in [0.2, 0.25) is 5.91 Å². The SMILES string of the molecule is CCC(C)C(C(=O)NC(CO)C(=O)OC)c1ccccc1. The van der Waals surface area contributed by atoms with E-state index >= 15 is 0 Å². The van der Waals surface area contributed by atoms with E-state index < -0.39 is 18.6 Å². The highest BCUT2D eigenvalue weighted by atomic mass is 16.5. The third kappa shape index (κ3) is 4.56. The van der Waals surface area contributed by atoms with Gasteiger partial charge in [-0.05, 0) is 11.5 Å². The molecule has 0 heterocycles. The summed E-state index contributed by atoms with van der Waals surface area (Å²) in [6.45, 7) is 3.52. The van der Waals surface area contributed by atoms with E-state index in [1.54, 1.807) is 0 Å². The summed E-state index contributed by atoms with van der Waals surface area (Å²) >= 11 is 0. The molecule has 2 N–H and O–H groups in total. The van der Waals surface area contributed by atoms with Crippen LogP contribution in [-0.4, -0.2) is 36.7 Å². The van der Waals surface area contributed by atoms with E-state index in [0.29, 0.717) is 0 Å². The second-order valence-electron chi connectivity index (χ2n) is 5.04. The molecule has 0 bridgehead atoms. The number of carbonyl (C=O) groups is 2. The molecule has 0 spiro atoms. The Morgan fingerprint density at radius 1 is 1.29 bits per heavy atom. The number of hydrogen-bond acceptors (Lipinski definition) is 4. The zero-order valence-electron chi connectivity index (χ0n) is 12.7. The van der Waals surface area contributed by atoms with Gasteiger partial charge < -0.3 is 15.2 Å². The average molecular weight is 293 g/mol. The first-order chi connectivity index (χ1) is 10.0. The minimum Gasteiger partial charge on any atom is -0.467 e. The second-order valence-corrected chi connectivity index (χ2v) is 5.04. The van der Waals surface area contributed by atoms with Crippen LogP contribution in [0.25, 0.3) is 0 Å². The molecule has 21 heavy (non-hydrogen) atoms. The summed E-state index contributed by atoms with van der Waals surface area (Å²) in [5.41, 5.74) is 0.894. The van der Waals surface area contributed by atoms with Gasteiger partial charge in [-0.3, -0.25) is 4.79 Å². The van der Waals surface area contributed by atoms with Gasteiger partial charge in [-0.1, -0.05) is 50.6 Å². The van der Waals surface area contributed by atoms with E-state index in [1.165, 1.54) is 7.11 Å². The predicted molar refractivity (Wildman–Crippen MR) is 79.7 cm³/mol. The highest BCUT2D eigenvalue weighted by Gasteiger charge is 2.29. The van der Waals surface area contributed by atoms with Crippen LogP contribution in [0, 0.1) is 5.92 Å². The summed E-state index contributed by atoms with van der Waals surface area (Å²) in [5, 5.41) is 11.8. The normalized spacial score (nSPS) is 14.9. The zero-order valence-corrected chi connectivity index (χ0v) is 12.7. The van der Waals surface area contributed by atoms with Crippen molar-refractivity contribution in [3.8, 4) is 0 Å². The first-order valence-electron chi connectivity index (χ1n) is 7.09. The molecule has 0 aromatic heterocycles. The number of methoxy groups -OCH3 is 1. The van der Waals surface area contributed by atoms with Gasteiger partial charge in [-0.15, -0.1) is 0 Å². The number of ether oxygens (including phenoxy) is 1. The lowest BCUT2D eigenvalue weighted by Crippen LogP contribution is -2.46. The minimum absolute atomic E-state index is 0.115. The topological polar surface area (TPSA) is 75.6 Å². The number of rotatable bonds is 7. The monoisotopic (exact) mass is 293 g/mol. The summed E-state index contributed by atoms with van der Waals surface area (Å²) in [6, 6.07) is 8.40. The Morgan fingerprint density at radius 3 is 2.38 bits per heavy atom. The molecule has 5 nitrogen and oxygen atoms in total. The maximum absolute atomic E-state index is 12.5. The molecule has 0 aliphatic carbocycles. The molecule has 3 atom stereocenters. The fourth-order valence-electron chi connectivity index (χ4n) is 2.22. The molecule has 0 saturated carbocycles. The number of nitrogens with one attached hydrogen (secondary N) is 1. The lowest BCUT2D eigenvalue weighted by molar-refractivity contribution is -0.146. The van der Waals surface area contributed by atoms with Gasteiger partial charge in [0.1, 0.15) is 0 Å². The first-order valence-corrected chi connectivity index (χ1v) is 7.09. The maximum atomic E-state index is 12.5. The van der Waals surface area contributed by atoms with Crippen molar-refractivity contribution in [1.29, 1.82) is 0 Å². The molecule has 0 saturated heterocycles. The van der Waals surface area contributed by atoms with Crippen LogP contribution >= 0.6 is 0 Å². The molecule has 5 heteroatoms. The van der Waals surface area contributed by atoms with Gasteiger partial charge in [0.25, 0.3) is 0 Å². The number of aliphatic hydroxyl groups is 1. The van der Waals surface area contributed by atoms with E-state index in [4.69, 9.17) is 0 Å². The molecule has 1 amide bonds. The first kappa shape index (κ1) is 17.2. The van der Waals surface area contributed by atoms with Crippen LogP contribution in [0.5, 0.6) is 0 Å². The van der Waals surface area contributed by atoms with Crippen molar-refractivity contribution in [2.24, 2.45) is 5.92 Å². The average Bonchev–Trinajstić information content (AvgIpc) is 2.52. The van der Waals surface area contributed by atoms with Gasteiger partial charge in [0.15, 0.2) is 6.04 Å². The molecule has 116 valence electrons. The van der Waals surface area contributed by atoms with Crippen LogP contribution in [0.15, 0.2) is 30.3 Å². The van der Waals surface area contributed by atoms with Gasteiger partial charge in [-0.2, -0.15) is 0 Å². The number of esters is 1. The molecule has 1 rings (SSSR count). The molecular weight excluding hydrogens is 270 g/mol. The third-order valence-electron chi connectivity index (χ3n) is 3.64. The summed E-state index contributed by atoms with van der Waals surface area (Å²) in [4.78, 5) is 24.0. The van der Waals surface area contributed by atoms with Gasteiger partial charge >= 0.3 is 5.97 Å². The highest BCUT2D eigenvalue weighted by Crippen LogP contribution is 2.27. The predicted octanol–water partition coefficient (Wildman–Crippen LogP) is 1.47. The van der Waals surface area contributed by atoms with Crippen LogP contribution in [0.2, 0.25) is 0 Å². The van der Waals surface area contributed by atoms with Crippen molar-refractivity contribution in [1.82, 2.24) is 5.32 Å². The minimum atomic E-state index is -1.03. The summed E-state index contributed by atoms with van der Waals surface area (Å²) in [6.07, 6.45) is 0.828. The number of benzene rings is 1. The standard InChI is InChI=1S/C16H23NO4/c1-4-11(2)14(12-8-6-5-7-9-12)15(19)17-13(10-18)16(20)21-3/h5-9,11,13-14,18H,4,10H2,1-3H3,(H,17,19). The lowest BCUT2D eigenvalue weighted by atomic mass is 9.84. The van der Waals surface area contributed by atoms with Crippen molar-refractivity contribution >= 4 is 11.9 Å². The van der Waals surface area contributed by atoms with Crippen LogP contribution in [0.4, 0.5) is 0 Å². The van der Waals surface area contributed by atoms with E-state index in [9.17, 15) is 14.7 Å². The molecule has 0 aliphatic heterocycles. The van der Waals surface area contributed by atoms with Gasteiger partial charge in [0.05, 0.1) is 19.6 Å². The number of hydrogen-bond donors (Lipinski definition) is 2. The largest absolute Gasteiger partial charge is 0.467 e. The Labute approximate surface area is 125 Å². The maximum Gasteiger partial charge on any atom is 0.330 e. The van der Waals surface area contributed by atoms with E-state index in [2.05, 4.69) is 10.1 Å². The molecule has 0 aliphatic rings. The van der Waals surface area contributed by atoms with Crippen LogP contribution in [0.1, 0.15) is 31.7 Å². The van der Waals surface area contributed by atoms with Gasteiger partial charge in [-0.25, -0.2) is 4.79 Å². The molecular formula is C16H23NO4. The van der Waals surface area contributed by atoms with Crippen molar-refractivity contribution in [3.05, 3.63) is 35.9 Å². The Hall–Kier alpha value is -1.88. The molecule has 3 unspecified atom stereocenters. The number of amides is 1. The van der Waals surface area contributed by atoms with Crippen molar-refractivity contribution < 1.29 is 19.4 Å². The fraction of sp³-hybridized carbons (Fsp3) is 0.500. The molecule has 0 radical (unpaired) electrons. The zero-order chi connectivity index (χ0) is 15.8. The van der Waals surface area contributed by atoms with Crippen molar-refractivity contribution in [2.45, 2.75) is 32.2 Å².